The summed E-state index contributed by atoms with van der Waals surface area (Å²) < 4.78 is 4.81. The highest BCUT2D eigenvalue weighted by molar-refractivity contribution is 5.65. The summed E-state index contributed by atoms with van der Waals surface area (Å²) in [5.74, 6) is -0.296. The van der Waals surface area contributed by atoms with E-state index in [1.165, 1.54) is 6.92 Å². The quantitative estimate of drug-likeness (QED) is 0.675. The zero-order valence-corrected chi connectivity index (χ0v) is 7.95. The first kappa shape index (κ1) is 10.4. The first-order valence-electron chi connectivity index (χ1n) is 4.28. The van der Waals surface area contributed by atoms with Crippen molar-refractivity contribution in [2.45, 2.75) is 20.0 Å². The summed E-state index contributed by atoms with van der Waals surface area (Å²) >= 11 is 0. The molecule has 0 amide bonds. The van der Waals surface area contributed by atoms with Gasteiger partial charge in [0.15, 0.2) is 0 Å². The van der Waals surface area contributed by atoms with Gasteiger partial charge in [0.2, 0.25) is 6.29 Å². The van der Waals surface area contributed by atoms with E-state index < -0.39 is 0 Å². The normalized spacial score (nSPS) is 9.50. The lowest BCUT2D eigenvalue weighted by Gasteiger charge is -2.02. The van der Waals surface area contributed by atoms with Crippen LogP contribution in [-0.2, 0) is 27.4 Å². The molecule has 0 bridgehead atoms. The summed E-state index contributed by atoms with van der Waals surface area (Å²) in [5.41, 5.74) is 1.82. The summed E-state index contributed by atoms with van der Waals surface area (Å²) in [6.07, 6.45) is 2.12. The number of benzene rings is 1. The van der Waals surface area contributed by atoms with Gasteiger partial charge in [-0.05, 0) is 11.1 Å². The van der Waals surface area contributed by atoms with E-state index >= 15 is 0 Å². The van der Waals surface area contributed by atoms with Crippen LogP contribution in [0.3, 0.4) is 0 Å². The van der Waals surface area contributed by atoms with Crippen molar-refractivity contribution in [2.24, 2.45) is 0 Å². The van der Waals surface area contributed by atoms with Crippen molar-refractivity contribution < 1.29 is 14.3 Å². The Morgan fingerprint density at radius 2 is 1.86 bits per heavy atom. The molecule has 0 spiro atoms. The smallest absolute Gasteiger partial charge is 0.302 e. The van der Waals surface area contributed by atoms with Crippen molar-refractivity contribution in [1.29, 1.82) is 0 Å². The molecule has 1 rings (SSSR count). The maximum atomic E-state index is 10.5. The lowest BCUT2D eigenvalue weighted by molar-refractivity contribution is -0.142. The van der Waals surface area contributed by atoms with Crippen LogP contribution in [0.5, 0.6) is 0 Å². The maximum Gasteiger partial charge on any atom is 0.302 e. The number of rotatable bonds is 4. The fourth-order valence-corrected chi connectivity index (χ4v) is 1.02. The Hall–Kier alpha value is -1.64. The number of carbonyl (C=O) groups excluding carboxylic acids is 2. The van der Waals surface area contributed by atoms with Gasteiger partial charge in [-0.25, -0.2) is 0 Å². The summed E-state index contributed by atoms with van der Waals surface area (Å²) in [4.78, 5) is 20.6. The number of hydrogen-bond acceptors (Lipinski definition) is 3. The van der Waals surface area contributed by atoms with Gasteiger partial charge in [0.05, 0.1) is 0 Å². The second-order valence-electron chi connectivity index (χ2n) is 2.92. The molecule has 0 atom stereocenters. The molecule has 0 unspecified atom stereocenters. The van der Waals surface area contributed by atoms with Crippen LogP contribution in [0.4, 0.5) is 0 Å². The SMILES string of the molecule is CC(=O)OCc1ccc(C[C]=O)cc1. The topological polar surface area (TPSA) is 43.4 Å². The predicted octanol–water partition coefficient (Wildman–Crippen LogP) is 1.40. The van der Waals surface area contributed by atoms with E-state index in [1.807, 2.05) is 30.6 Å². The van der Waals surface area contributed by atoms with Crippen LogP contribution < -0.4 is 0 Å². The molecular weight excluding hydrogens is 180 g/mol. The van der Waals surface area contributed by atoms with E-state index in [0.29, 0.717) is 6.42 Å². The number of esters is 1. The molecule has 0 aromatic heterocycles. The Morgan fingerprint density at radius 3 is 2.36 bits per heavy atom. The minimum absolute atomic E-state index is 0.278. The Balaban J connectivity index is 2.54. The maximum absolute atomic E-state index is 10.5. The van der Waals surface area contributed by atoms with Crippen LogP contribution in [0.1, 0.15) is 18.1 Å². The van der Waals surface area contributed by atoms with Crippen molar-refractivity contribution in [2.75, 3.05) is 0 Å². The van der Waals surface area contributed by atoms with Crippen LogP contribution >= 0.6 is 0 Å². The molecule has 0 aliphatic carbocycles. The zero-order valence-electron chi connectivity index (χ0n) is 7.95. The van der Waals surface area contributed by atoms with Gasteiger partial charge in [-0.1, -0.05) is 24.3 Å². The Bertz CT molecular complexity index is 314. The molecule has 14 heavy (non-hydrogen) atoms. The van der Waals surface area contributed by atoms with Crippen LogP contribution in [0.25, 0.3) is 0 Å². The fraction of sp³-hybridized carbons (Fsp3) is 0.273. The van der Waals surface area contributed by atoms with Crippen LogP contribution in [-0.4, -0.2) is 12.3 Å². The Labute approximate surface area is 82.7 Å². The van der Waals surface area contributed by atoms with Crippen LogP contribution in [0, 0.1) is 0 Å². The van der Waals surface area contributed by atoms with Gasteiger partial charge in [-0.2, -0.15) is 0 Å². The van der Waals surface area contributed by atoms with Crippen molar-refractivity contribution in [1.82, 2.24) is 0 Å². The molecule has 3 heteroatoms. The number of hydrogen-bond donors (Lipinski definition) is 0. The lowest BCUT2D eigenvalue weighted by atomic mass is 10.1. The lowest BCUT2D eigenvalue weighted by Crippen LogP contribution is -1.98. The van der Waals surface area contributed by atoms with Crippen LogP contribution in [0.2, 0.25) is 0 Å². The largest absolute Gasteiger partial charge is 0.461 e. The van der Waals surface area contributed by atoms with E-state index in [2.05, 4.69) is 0 Å². The van der Waals surface area contributed by atoms with E-state index in [-0.39, 0.29) is 12.6 Å². The zero-order chi connectivity index (χ0) is 10.4. The third kappa shape index (κ3) is 3.39. The molecule has 1 aromatic carbocycles. The molecule has 0 fully saturated rings. The van der Waals surface area contributed by atoms with Gasteiger partial charge in [0, 0.05) is 13.3 Å². The highest BCUT2D eigenvalue weighted by Crippen LogP contribution is 2.05. The molecule has 0 saturated heterocycles. The summed E-state index contributed by atoms with van der Waals surface area (Å²) in [6.45, 7) is 1.65. The van der Waals surface area contributed by atoms with Gasteiger partial charge in [0.25, 0.3) is 0 Å². The van der Waals surface area contributed by atoms with Gasteiger partial charge >= 0.3 is 5.97 Å². The second-order valence-corrected chi connectivity index (χ2v) is 2.92. The van der Waals surface area contributed by atoms with E-state index in [1.54, 1.807) is 0 Å². The van der Waals surface area contributed by atoms with Crippen molar-refractivity contribution >= 4 is 12.3 Å². The minimum Gasteiger partial charge on any atom is -0.461 e. The van der Waals surface area contributed by atoms with E-state index in [4.69, 9.17) is 4.74 Å². The Morgan fingerprint density at radius 1 is 1.29 bits per heavy atom. The molecule has 1 radical (unpaired) electrons. The monoisotopic (exact) mass is 191 g/mol. The molecule has 0 saturated carbocycles. The average molecular weight is 191 g/mol. The molecule has 0 aliphatic rings. The summed E-state index contributed by atoms with van der Waals surface area (Å²) in [7, 11) is 0. The summed E-state index contributed by atoms with van der Waals surface area (Å²) in [5, 5.41) is 0. The van der Waals surface area contributed by atoms with E-state index in [0.717, 1.165) is 11.1 Å². The van der Waals surface area contributed by atoms with Gasteiger partial charge in [-0.15, -0.1) is 0 Å². The third-order valence-electron chi connectivity index (χ3n) is 1.74. The molecule has 0 N–H and O–H groups in total. The second kappa shape index (κ2) is 5.17. The van der Waals surface area contributed by atoms with Crippen molar-refractivity contribution in [3.05, 3.63) is 35.4 Å². The fourth-order valence-electron chi connectivity index (χ4n) is 1.02. The molecule has 73 valence electrons. The number of carbonyl (C=O) groups is 1. The minimum atomic E-state index is -0.296. The average Bonchev–Trinajstić information content (AvgIpc) is 2.17. The summed E-state index contributed by atoms with van der Waals surface area (Å²) in [6, 6.07) is 7.30. The molecule has 1 aromatic rings. The molecule has 0 aliphatic heterocycles. The highest BCUT2D eigenvalue weighted by Gasteiger charge is 1.97. The first-order chi connectivity index (χ1) is 6.72. The van der Waals surface area contributed by atoms with Crippen LogP contribution in [0.15, 0.2) is 24.3 Å². The highest BCUT2D eigenvalue weighted by atomic mass is 16.5. The molecule has 3 nitrogen and oxygen atoms in total. The van der Waals surface area contributed by atoms with Crippen molar-refractivity contribution in [3.8, 4) is 0 Å². The standard InChI is InChI=1S/C11H11O3/c1-9(13)14-8-11-4-2-10(3-5-11)6-7-12/h2-5H,6,8H2,1H3. The molecular formula is C11H11O3. The first-order valence-corrected chi connectivity index (χ1v) is 4.28. The van der Waals surface area contributed by atoms with E-state index in [9.17, 15) is 9.59 Å². The number of ether oxygens (including phenoxy) is 1. The third-order valence-corrected chi connectivity index (χ3v) is 1.74. The molecule has 0 heterocycles. The predicted molar refractivity (Wildman–Crippen MR) is 51.3 cm³/mol. The van der Waals surface area contributed by atoms with Gasteiger partial charge < -0.3 is 4.74 Å². The van der Waals surface area contributed by atoms with Gasteiger partial charge in [-0.3, -0.25) is 9.59 Å². The Kier molecular flexibility index (Phi) is 3.85. The van der Waals surface area contributed by atoms with Gasteiger partial charge in [0.1, 0.15) is 6.61 Å². The van der Waals surface area contributed by atoms with Crippen molar-refractivity contribution in [3.63, 3.8) is 0 Å².